The van der Waals surface area contributed by atoms with Crippen molar-refractivity contribution in [2.24, 2.45) is 4.99 Å². The number of carboxylic acid groups (broad SMARTS) is 1. The van der Waals surface area contributed by atoms with E-state index in [2.05, 4.69) is 0 Å². The van der Waals surface area contributed by atoms with Crippen LogP contribution in [0, 0.1) is 5.82 Å². The highest BCUT2D eigenvalue weighted by Gasteiger charge is 2.33. The first kappa shape index (κ1) is 25.9. The van der Waals surface area contributed by atoms with Gasteiger partial charge in [0, 0.05) is 0 Å². The summed E-state index contributed by atoms with van der Waals surface area (Å²) in [6, 6.07) is 29.4. The van der Waals surface area contributed by atoms with Gasteiger partial charge in [-0.3, -0.25) is 9.69 Å². The third-order valence-electron chi connectivity index (χ3n) is 5.91. The molecule has 0 bridgehead atoms. The molecule has 0 atom stereocenters. The van der Waals surface area contributed by atoms with Crippen LogP contribution in [0.1, 0.15) is 27.0 Å². The summed E-state index contributed by atoms with van der Waals surface area (Å²) in [5, 5.41) is 9.72. The predicted octanol–water partition coefficient (Wildman–Crippen LogP) is 6.91. The average molecular weight is 539 g/mol. The molecule has 1 aliphatic rings. The van der Waals surface area contributed by atoms with Crippen LogP contribution in [0.3, 0.4) is 0 Å². The van der Waals surface area contributed by atoms with Crippen LogP contribution in [-0.2, 0) is 17.9 Å². The molecule has 8 heteroatoms. The van der Waals surface area contributed by atoms with Crippen molar-refractivity contribution in [3.05, 3.63) is 136 Å². The van der Waals surface area contributed by atoms with Crippen LogP contribution < -0.4 is 4.74 Å². The lowest BCUT2D eigenvalue weighted by molar-refractivity contribution is -0.122. The lowest BCUT2D eigenvalue weighted by atomic mass is 10.1. The molecular weight excluding hydrogens is 515 g/mol. The Balaban J connectivity index is 1.34. The van der Waals surface area contributed by atoms with Crippen molar-refractivity contribution in [3.63, 3.8) is 0 Å². The van der Waals surface area contributed by atoms with Crippen molar-refractivity contribution >= 4 is 40.6 Å². The molecule has 6 nitrogen and oxygen atoms in total. The van der Waals surface area contributed by atoms with E-state index in [1.54, 1.807) is 29.2 Å². The number of amides is 1. The lowest BCUT2D eigenvalue weighted by Crippen LogP contribution is -2.28. The maximum absolute atomic E-state index is 13.5. The normalized spacial score (nSPS) is 15.2. The third kappa shape index (κ3) is 6.61. The Kier molecular flexibility index (Phi) is 7.84. The van der Waals surface area contributed by atoms with E-state index in [0.717, 1.165) is 22.4 Å². The maximum atomic E-state index is 13.5. The van der Waals surface area contributed by atoms with Gasteiger partial charge in [-0.1, -0.05) is 54.6 Å². The van der Waals surface area contributed by atoms with Gasteiger partial charge < -0.3 is 9.84 Å². The van der Waals surface area contributed by atoms with E-state index in [4.69, 9.17) is 9.73 Å². The fourth-order valence-electron chi connectivity index (χ4n) is 3.84. The van der Waals surface area contributed by atoms with E-state index in [1.165, 1.54) is 36.0 Å². The molecule has 4 aromatic carbocycles. The number of para-hydroxylation sites is 1. The Morgan fingerprint density at radius 2 is 1.56 bits per heavy atom. The number of carbonyl (C=O) groups is 2. The first-order chi connectivity index (χ1) is 18.9. The highest BCUT2D eigenvalue weighted by Crippen LogP contribution is 2.35. The van der Waals surface area contributed by atoms with E-state index in [9.17, 15) is 19.1 Å². The zero-order valence-corrected chi connectivity index (χ0v) is 21.5. The van der Waals surface area contributed by atoms with Crippen LogP contribution in [0.15, 0.2) is 113 Å². The standard InChI is InChI=1S/C31H23FN2O4S/c32-25-14-8-23(9-15-25)20-38-27-16-10-21(11-17-27)18-28-29(35)34(19-22-6-12-24(13-7-22)30(36)37)31(39-28)33-26-4-2-1-3-5-26/h1-18H,19-20H2,(H,36,37)/b28-18-,33-31?. The summed E-state index contributed by atoms with van der Waals surface area (Å²) in [4.78, 5) is 31.5. The van der Waals surface area contributed by atoms with Gasteiger partial charge in [0.05, 0.1) is 22.7 Å². The second-order valence-corrected chi connectivity index (χ2v) is 9.73. The highest BCUT2D eigenvalue weighted by atomic mass is 32.2. The molecule has 1 saturated heterocycles. The van der Waals surface area contributed by atoms with Gasteiger partial charge in [-0.2, -0.15) is 0 Å². The Bertz CT molecular complexity index is 1530. The highest BCUT2D eigenvalue weighted by molar-refractivity contribution is 8.18. The van der Waals surface area contributed by atoms with Crippen LogP contribution in [-0.4, -0.2) is 27.1 Å². The SMILES string of the molecule is O=C(O)c1ccc(CN2C(=O)/C(=C/c3ccc(OCc4ccc(F)cc4)cc3)SC2=Nc2ccccc2)cc1. The number of benzene rings is 4. The molecule has 0 spiro atoms. The van der Waals surface area contributed by atoms with E-state index in [-0.39, 0.29) is 23.8 Å². The summed E-state index contributed by atoms with van der Waals surface area (Å²) in [7, 11) is 0. The Labute approximate surface area is 229 Å². The molecule has 194 valence electrons. The summed E-state index contributed by atoms with van der Waals surface area (Å²) in [5.74, 6) is -0.821. The first-order valence-corrected chi connectivity index (χ1v) is 12.9. The predicted molar refractivity (Wildman–Crippen MR) is 150 cm³/mol. The number of hydrogen-bond acceptors (Lipinski definition) is 5. The Morgan fingerprint density at radius 3 is 2.23 bits per heavy atom. The van der Waals surface area contributed by atoms with Crippen molar-refractivity contribution in [1.82, 2.24) is 4.90 Å². The van der Waals surface area contributed by atoms with Crippen LogP contribution in [0.5, 0.6) is 5.75 Å². The average Bonchev–Trinajstić information content (AvgIpc) is 3.23. The molecule has 0 radical (unpaired) electrons. The number of halogens is 1. The summed E-state index contributed by atoms with van der Waals surface area (Å²) in [6.07, 6.45) is 1.81. The molecule has 0 aliphatic carbocycles. The molecule has 39 heavy (non-hydrogen) atoms. The summed E-state index contributed by atoms with van der Waals surface area (Å²) in [5.41, 5.74) is 3.39. The lowest BCUT2D eigenvalue weighted by Gasteiger charge is -2.16. The Morgan fingerprint density at radius 1 is 0.897 bits per heavy atom. The van der Waals surface area contributed by atoms with Gasteiger partial charge in [-0.05, 0) is 83.1 Å². The molecule has 1 heterocycles. The number of aliphatic imine (C=N–C) groups is 1. The van der Waals surface area contributed by atoms with Crippen LogP contribution in [0.2, 0.25) is 0 Å². The van der Waals surface area contributed by atoms with Gasteiger partial charge in [0.15, 0.2) is 5.17 Å². The molecule has 1 aliphatic heterocycles. The number of thioether (sulfide) groups is 1. The van der Waals surface area contributed by atoms with E-state index in [1.807, 2.05) is 60.7 Å². The molecule has 0 aromatic heterocycles. The third-order valence-corrected chi connectivity index (χ3v) is 6.91. The minimum Gasteiger partial charge on any atom is -0.489 e. The number of amidine groups is 1. The number of carboxylic acids is 1. The summed E-state index contributed by atoms with van der Waals surface area (Å²) in [6.45, 7) is 0.571. The molecule has 1 amide bonds. The van der Waals surface area contributed by atoms with Crippen molar-refractivity contribution in [2.75, 3.05) is 0 Å². The molecular formula is C31H23FN2O4S. The van der Waals surface area contributed by atoms with Gasteiger partial charge in [0.2, 0.25) is 0 Å². The largest absolute Gasteiger partial charge is 0.489 e. The number of aromatic carboxylic acids is 1. The van der Waals surface area contributed by atoms with Crippen molar-refractivity contribution in [1.29, 1.82) is 0 Å². The van der Waals surface area contributed by atoms with Crippen molar-refractivity contribution in [3.8, 4) is 5.75 Å². The zero-order chi connectivity index (χ0) is 27.2. The second-order valence-electron chi connectivity index (χ2n) is 8.72. The minimum absolute atomic E-state index is 0.185. The number of nitrogens with zero attached hydrogens (tertiary/aromatic N) is 2. The monoisotopic (exact) mass is 538 g/mol. The topological polar surface area (TPSA) is 79.2 Å². The summed E-state index contributed by atoms with van der Waals surface area (Å²) >= 11 is 1.29. The fourth-order valence-corrected chi connectivity index (χ4v) is 4.84. The van der Waals surface area contributed by atoms with Gasteiger partial charge in [-0.15, -0.1) is 0 Å². The summed E-state index contributed by atoms with van der Waals surface area (Å²) < 4.78 is 18.9. The van der Waals surface area contributed by atoms with Gasteiger partial charge in [0.1, 0.15) is 18.2 Å². The number of carbonyl (C=O) groups excluding carboxylic acids is 1. The molecule has 5 rings (SSSR count). The quantitative estimate of drug-likeness (QED) is 0.247. The second kappa shape index (κ2) is 11.8. The van der Waals surface area contributed by atoms with Crippen LogP contribution in [0.4, 0.5) is 10.1 Å². The molecule has 0 saturated carbocycles. The maximum Gasteiger partial charge on any atom is 0.335 e. The van der Waals surface area contributed by atoms with E-state index >= 15 is 0 Å². The van der Waals surface area contributed by atoms with Crippen LogP contribution in [0.25, 0.3) is 6.08 Å². The van der Waals surface area contributed by atoms with Crippen molar-refractivity contribution < 1.29 is 23.8 Å². The molecule has 1 fully saturated rings. The number of ether oxygens (including phenoxy) is 1. The number of hydrogen-bond donors (Lipinski definition) is 1. The molecule has 1 N–H and O–H groups in total. The van der Waals surface area contributed by atoms with Gasteiger partial charge >= 0.3 is 5.97 Å². The zero-order valence-electron chi connectivity index (χ0n) is 20.7. The smallest absolute Gasteiger partial charge is 0.335 e. The van der Waals surface area contributed by atoms with Gasteiger partial charge in [-0.25, -0.2) is 14.2 Å². The minimum atomic E-state index is -1.00. The van der Waals surface area contributed by atoms with Crippen LogP contribution >= 0.6 is 11.8 Å². The van der Waals surface area contributed by atoms with Crippen molar-refractivity contribution in [2.45, 2.75) is 13.2 Å². The number of rotatable bonds is 8. The fraction of sp³-hybridized carbons (Fsp3) is 0.0645. The molecule has 0 unspecified atom stereocenters. The van der Waals surface area contributed by atoms with E-state index < -0.39 is 5.97 Å². The van der Waals surface area contributed by atoms with Gasteiger partial charge in [0.25, 0.3) is 5.91 Å². The van der Waals surface area contributed by atoms with E-state index in [0.29, 0.717) is 22.4 Å². The Hall–Kier alpha value is -4.69. The molecule has 4 aromatic rings. The first-order valence-electron chi connectivity index (χ1n) is 12.1.